The van der Waals surface area contributed by atoms with E-state index in [0.29, 0.717) is 12.3 Å². The molecule has 1 saturated heterocycles. The van der Waals surface area contributed by atoms with E-state index in [2.05, 4.69) is 13.8 Å². The number of ketones is 1. The minimum Gasteiger partial charge on any atom is -0.299 e. The number of Topliss-reactive ketones (excluding diaryl/α,β-unsaturated/α-hetero) is 1. The lowest BCUT2D eigenvalue weighted by atomic mass is 9.66. The standard InChI is InChI=1S/C12H18O3S/c1-7-10(16(7,14)15)12-5-4-8(6-9(12)13)11(12,2)3/h7-8,10H,4-6H2,1-3H3/t7-,8?,10-,12?/m0/s1. The second-order valence-corrected chi connectivity index (χ2v) is 8.70. The van der Waals surface area contributed by atoms with Gasteiger partial charge in [-0.15, -0.1) is 0 Å². The van der Waals surface area contributed by atoms with E-state index in [9.17, 15) is 13.2 Å². The van der Waals surface area contributed by atoms with Crippen LogP contribution >= 0.6 is 0 Å². The van der Waals surface area contributed by atoms with E-state index in [-0.39, 0.29) is 21.7 Å². The maximum absolute atomic E-state index is 12.2. The summed E-state index contributed by atoms with van der Waals surface area (Å²) in [4.78, 5) is 12.2. The van der Waals surface area contributed by atoms with Crippen LogP contribution in [0.15, 0.2) is 0 Å². The van der Waals surface area contributed by atoms with E-state index in [1.54, 1.807) is 6.92 Å². The topological polar surface area (TPSA) is 51.2 Å². The predicted molar refractivity (Wildman–Crippen MR) is 60.7 cm³/mol. The third kappa shape index (κ3) is 0.847. The molecule has 1 heterocycles. The summed E-state index contributed by atoms with van der Waals surface area (Å²) in [5.41, 5.74) is -0.664. The monoisotopic (exact) mass is 242 g/mol. The molecule has 4 heteroatoms. The third-order valence-corrected chi connectivity index (χ3v) is 8.21. The summed E-state index contributed by atoms with van der Waals surface area (Å²) in [7, 11) is -2.99. The first-order valence-electron chi connectivity index (χ1n) is 6.02. The zero-order valence-corrected chi connectivity index (χ0v) is 10.8. The molecule has 0 radical (unpaired) electrons. The Kier molecular flexibility index (Phi) is 1.71. The van der Waals surface area contributed by atoms with E-state index >= 15 is 0 Å². The summed E-state index contributed by atoms with van der Waals surface area (Å²) >= 11 is 0. The van der Waals surface area contributed by atoms with Crippen molar-refractivity contribution in [3.05, 3.63) is 0 Å². The lowest BCUT2D eigenvalue weighted by molar-refractivity contribution is -0.129. The quantitative estimate of drug-likeness (QED) is 0.656. The predicted octanol–water partition coefficient (Wildman–Crippen LogP) is 1.57. The van der Waals surface area contributed by atoms with Crippen molar-refractivity contribution in [3.63, 3.8) is 0 Å². The summed E-state index contributed by atoms with van der Waals surface area (Å²) in [6, 6.07) is 0. The van der Waals surface area contributed by atoms with Crippen molar-refractivity contribution in [2.24, 2.45) is 16.7 Å². The molecule has 0 spiro atoms. The largest absolute Gasteiger partial charge is 0.299 e. The molecule has 0 aromatic carbocycles. The van der Waals surface area contributed by atoms with Crippen molar-refractivity contribution < 1.29 is 13.2 Å². The van der Waals surface area contributed by atoms with Gasteiger partial charge in [0, 0.05) is 6.42 Å². The number of hydrogen-bond donors (Lipinski definition) is 0. The SMILES string of the molecule is C[C@H]1[C@@H](C23CCC(CC2=O)C3(C)C)S1(=O)=O. The molecule has 2 aliphatic carbocycles. The molecule has 0 amide bonds. The number of rotatable bonds is 1. The van der Waals surface area contributed by atoms with Crippen molar-refractivity contribution in [1.29, 1.82) is 0 Å². The Labute approximate surface area is 96.5 Å². The fourth-order valence-electron chi connectivity index (χ4n) is 4.46. The van der Waals surface area contributed by atoms with Gasteiger partial charge in [-0.25, -0.2) is 8.42 Å². The molecule has 0 aromatic rings. The van der Waals surface area contributed by atoms with Crippen molar-refractivity contribution in [3.8, 4) is 0 Å². The van der Waals surface area contributed by atoms with Crippen LogP contribution in [0.4, 0.5) is 0 Å². The van der Waals surface area contributed by atoms with Gasteiger partial charge in [-0.2, -0.15) is 0 Å². The van der Waals surface area contributed by atoms with E-state index in [1.807, 2.05) is 0 Å². The van der Waals surface area contributed by atoms with Crippen LogP contribution in [0.25, 0.3) is 0 Å². The maximum atomic E-state index is 12.2. The molecule has 3 aliphatic rings. The molecular weight excluding hydrogens is 224 g/mol. The summed E-state index contributed by atoms with van der Waals surface area (Å²) in [6.07, 6.45) is 2.42. The number of carbonyl (C=O) groups is 1. The van der Waals surface area contributed by atoms with Gasteiger partial charge in [-0.1, -0.05) is 13.8 Å². The molecule has 3 nitrogen and oxygen atoms in total. The van der Waals surface area contributed by atoms with Gasteiger partial charge in [-0.3, -0.25) is 4.79 Å². The van der Waals surface area contributed by atoms with Crippen molar-refractivity contribution in [2.45, 2.75) is 50.5 Å². The third-order valence-electron chi connectivity index (χ3n) is 5.69. The average Bonchev–Trinajstić information content (AvgIpc) is 2.44. The first-order valence-corrected chi connectivity index (χ1v) is 7.63. The molecule has 16 heavy (non-hydrogen) atoms. The van der Waals surface area contributed by atoms with Gasteiger partial charge in [0.05, 0.1) is 15.9 Å². The van der Waals surface area contributed by atoms with Crippen LogP contribution in [0.3, 0.4) is 0 Å². The van der Waals surface area contributed by atoms with Crippen molar-refractivity contribution >= 4 is 15.6 Å². The van der Waals surface area contributed by atoms with Gasteiger partial charge in [0.15, 0.2) is 9.84 Å². The van der Waals surface area contributed by atoms with Crippen LogP contribution in [0, 0.1) is 16.7 Å². The fourth-order valence-corrected chi connectivity index (χ4v) is 6.87. The molecule has 2 unspecified atom stereocenters. The Morgan fingerprint density at radius 1 is 1.31 bits per heavy atom. The van der Waals surface area contributed by atoms with Crippen molar-refractivity contribution in [1.82, 2.24) is 0 Å². The molecule has 2 saturated carbocycles. The minimum absolute atomic E-state index is 0.118. The Hall–Kier alpha value is -0.380. The highest BCUT2D eigenvalue weighted by Crippen LogP contribution is 2.70. The highest BCUT2D eigenvalue weighted by molar-refractivity contribution is 8.00. The number of sulfone groups is 1. The van der Waals surface area contributed by atoms with E-state index in [1.165, 1.54) is 0 Å². The van der Waals surface area contributed by atoms with Gasteiger partial charge >= 0.3 is 0 Å². The fraction of sp³-hybridized carbons (Fsp3) is 0.917. The lowest BCUT2D eigenvalue weighted by Crippen LogP contribution is -2.42. The van der Waals surface area contributed by atoms with Crippen LogP contribution in [0.2, 0.25) is 0 Å². The molecule has 2 bridgehead atoms. The highest BCUT2D eigenvalue weighted by atomic mass is 32.2. The van der Waals surface area contributed by atoms with Gasteiger partial charge in [-0.05, 0) is 31.1 Å². The second kappa shape index (κ2) is 2.55. The lowest BCUT2D eigenvalue weighted by Gasteiger charge is -2.35. The average molecular weight is 242 g/mol. The van der Waals surface area contributed by atoms with Crippen LogP contribution < -0.4 is 0 Å². The molecule has 0 N–H and O–H groups in total. The Bertz CT molecular complexity index is 476. The van der Waals surface area contributed by atoms with E-state index in [4.69, 9.17) is 0 Å². The second-order valence-electron chi connectivity index (χ2n) is 6.27. The molecular formula is C12H18O3S. The summed E-state index contributed by atoms with van der Waals surface area (Å²) in [5, 5.41) is -0.678. The molecule has 4 atom stereocenters. The minimum atomic E-state index is -2.99. The Balaban J connectivity index is 2.15. The summed E-state index contributed by atoms with van der Waals surface area (Å²) in [5.74, 6) is 0.620. The molecule has 0 aromatic heterocycles. The normalized spacial score (nSPS) is 51.9. The van der Waals surface area contributed by atoms with Gasteiger partial charge < -0.3 is 0 Å². The van der Waals surface area contributed by atoms with E-state index < -0.39 is 15.3 Å². The molecule has 3 rings (SSSR count). The summed E-state index contributed by atoms with van der Waals surface area (Å²) in [6.45, 7) is 5.94. The first-order chi connectivity index (χ1) is 7.26. The van der Waals surface area contributed by atoms with Crippen LogP contribution in [-0.2, 0) is 14.6 Å². The van der Waals surface area contributed by atoms with Crippen molar-refractivity contribution in [2.75, 3.05) is 0 Å². The Morgan fingerprint density at radius 3 is 2.19 bits per heavy atom. The molecule has 1 aliphatic heterocycles. The van der Waals surface area contributed by atoms with Gasteiger partial charge in [0.2, 0.25) is 0 Å². The van der Waals surface area contributed by atoms with Crippen LogP contribution in [0.1, 0.15) is 40.0 Å². The Morgan fingerprint density at radius 2 is 1.88 bits per heavy atom. The van der Waals surface area contributed by atoms with Crippen LogP contribution in [-0.4, -0.2) is 24.7 Å². The number of fused-ring (bicyclic) bond motifs is 2. The van der Waals surface area contributed by atoms with Crippen LogP contribution in [0.5, 0.6) is 0 Å². The van der Waals surface area contributed by atoms with Gasteiger partial charge in [0.25, 0.3) is 0 Å². The number of carbonyl (C=O) groups excluding carboxylic acids is 1. The van der Waals surface area contributed by atoms with E-state index in [0.717, 1.165) is 12.8 Å². The number of hydrogen-bond acceptors (Lipinski definition) is 3. The zero-order valence-electron chi connectivity index (χ0n) is 9.99. The molecule has 90 valence electrons. The smallest absolute Gasteiger partial charge is 0.159 e. The maximum Gasteiger partial charge on any atom is 0.159 e. The highest BCUT2D eigenvalue weighted by Gasteiger charge is 2.77. The molecule has 3 fully saturated rings. The zero-order chi connectivity index (χ0) is 11.9. The first kappa shape index (κ1) is 10.8. The summed E-state index contributed by atoms with van der Waals surface area (Å²) < 4.78 is 23.7. The van der Waals surface area contributed by atoms with Gasteiger partial charge in [0.1, 0.15) is 5.78 Å².